The van der Waals surface area contributed by atoms with Crippen LogP contribution in [0, 0.1) is 6.92 Å². The number of anilines is 1. The fourth-order valence-corrected chi connectivity index (χ4v) is 0.679. The van der Waals surface area contributed by atoms with Gasteiger partial charge in [0.25, 0.3) is 0 Å². The molecule has 0 saturated heterocycles. The van der Waals surface area contributed by atoms with E-state index >= 15 is 0 Å². The Morgan fingerprint density at radius 1 is 1.70 bits per heavy atom. The lowest BCUT2D eigenvalue weighted by molar-refractivity contribution is 0.778. The fraction of sp³-hybridized carbons (Fsp3) is 0.333. The van der Waals surface area contributed by atoms with E-state index in [0.29, 0.717) is 0 Å². The first-order valence-corrected chi connectivity index (χ1v) is 2.91. The third-order valence-corrected chi connectivity index (χ3v) is 1.40. The van der Waals surface area contributed by atoms with Crippen LogP contribution in [0.5, 0.6) is 0 Å². The van der Waals surface area contributed by atoms with Crippen molar-refractivity contribution in [3.63, 3.8) is 0 Å². The summed E-state index contributed by atoms with van der Waals surface area (Å²) in [6, 6.07) is 1.65. The van der Waals surface area contributed by atoms with Crippen molar-refractivity contribution in [1.29, 1.82) is 0 Å². The van der Waals surface area contributed by atoms with Crippen molar-refractivity contribution in [2.75, 3.05) is 5.73 Å². The molecule has 1 aromatic rings. The molecule has 0 aliphatic carbocycles. The lowest BCUT2D eigenvalue weighted by Gasteiger charge is -2.00. The zero-order valence-corrected chi connectivity index (χ0v) is 5.96. The first-order valence-electron chi connectivity index (χ1n) is 2.91. The molecule has 0 amide bonds. The minimum absolute atomic E-state index is 0.278. The molecule has 0 saturated carbocycles. The van der Waals surface area contributed by atoms with Crippen molar-refractivity contribution in [3.05, 3.63) is 22.2 Å². The van der Waals surface area contributed by atoms with Gasteiger partial charge < -0.3 is 5.73 Å². The van der Waals surface area contributed by atoms with Crippen molar-refractivity contribution in [3.8, 4) is 0 Å². The zero-order chi connectivity index (χ0) is 7.72. The summed E-state index contributed by atoms with van der Waals surface area (Å²) in [5.41, 5.74) is 5.81. The summed E-state index contributed by atoms with van der Waals surface area (Å²) in [7, 11) is 1.66. The Bertz CT molecular complexity index is 302. The Hall–Kier alpha value is -1.32. The average molecular weight is 139 g/mol. The fourth-order valence-electron chi connectivity index (χ4n) is 0.679. The molecule has 2 N–H and O–H groups in total. The number of aromatic nitrogens is 2. The summed E-state index contributed by atoms with van der Waals surface area (Å²) in [5.74, 6) is 0.278. The predicted octanol–water partition coefficient (Wildman–Crippen LogP) is -0.329. The molecule has 0 atom stereocenters. The second-order valence-electron chi connectivity index (χ2n) is 2.16. The SMILES string of the molecule is Cc1cc(N)nc(=O)n1C. The Morgan fingerprint density at radius 3 is 2.80 bits per heavy atom. The third kappa shape index (κ3) is 1.00. The molecule has 4 nitrogen and oxygen atoms in total. The van der Waals surface area contributed by atoms with E-state index in [1.807, 2.05) is 0 Å². The van der Waals surface area contributed by atoms with E-state index in [4.69, 9.17) is 5.73 Å². The second kappa shape index (κ2) is 2.13. The highest BCUT2D eigenvalue weighted by Gasteiger charge is 1.95. The summed E-state index contributed by atoms with van der Waals surface area (Å²) in [4.78, 5) is 14.4. The summed E-state index contributed by atoms with van der Waals surface area (Å²) >= 11 is 0. The Kier molecular flexibility index (Phi) is 1.45. The van der Waals surface area contributed by atoms with E-state index in [1.165, 1.54) is 4.57 Å². The van der Waals surface area contributed by atoms with Gasteiger partial charge >= 0.3 is 5.69 Å². The van der Waals surface area contributed by atoms with E-state index in [1.54, 1.807) is 20.0 Å². The maximum atomic E-state index is 10.8. The summed E-state index contributed by atoms with van der Waals surface area (Å²) < 4.78 is 1.44. The molecule has 1 aromatic heterocycles. The van der Waals surface area contributed by atoms with E-state index in [9.17, 15) is 4.79 Å². The third-order valence-electron chi connectivity index (χ3n) is 1.40. The molecule has 0 aliphatic heterocycles. The lowest BCUT2D eigenvalue weighted by Crippen LogP contribution is -2.22. The smallest absolute Gasteiger partial charge is 0.349 e. The van der Waals surface area contributed by atoms with E-state index in [2.05, 4.69) is 4.98 Å². The number of nitrogen functional groups attached to an aromatic ring is 1. The molecule has 0 aliphatic rings. The molecule has 0 aromatic carbocycles. The van der Waals surface area contributed by atoms with Crippen LogP contribution in [0.4, 0.5) is 5.82 Å². The van der Waals surface area contributed by atoms with Crippen molar-refractivity contribution in [1.82, 2.24) is 9.55 Å². The number of rotatable bonds is 0. The van der Waals surface area contributed by atoms with Gasteiger partial charge in [-0.3, -0.25) is 4.57 Å². The van der Waals surface area contributed by atoms with Gasteiger partial charge in [-0.25, -0.2) is 4.79 Å². The van der Waals surface area contributed by atoms with Crippen LogP contribution in [0.25, 0.3) is 0 Å². The number of nitrogens with two attached hydrogens (primary N) is 1. The van der Waals surface area contributed by atoms with Crippen LogP contribution in [0.3, 0.4) is 0 Å². The first kappa shape index (κ1) is 6.80. The molecule has 0 fully saturated rings. The Morgan fingerprint density at radius 2 is 2.30 bits per heavy atom. The van der Waals surface area contributed by atoms with Crippen molar-refractivity contribution in [2.24, 2.45) is 7.05 Å². The van der Waals surface area contributed by atoms with Gasteiger partial charge in [0, 0.05) is 12.7 Å². The van der Waals surface area contributed by atoms with Crippen LogP contribution >= 0.6 is 0 Å². The van der Waals surface area contributed by atoms with E-state index < -0.39 is 0 Å². The topological polar surface area (TPSA) is 60.9 Å². The van der Waals surface area contributed by atoms with Crippen molar-refractivity contribution < 1.29 is 0 Å². The highest BCUT2D eigenvalue weighted by molar-refractivity contribution is 5.27. The molecule has 0 radical (unpaired) electrons. The number of hydrogen-bond donors (Lipinski definition) is 1. The molecule has 4 heteroatoms. The van der Waals surface area contributed by atoms with Gasteiger partial charge in [0.05, 0.1) is 0 Å². The van der Waals surface area contributed by atoms with Gasteiger partial charge in [-0.05, 0) is 13.0 Å². The van der Waals surface area contributed by atoms with Gasteiger partial charge in [-0.2, -0.15) is 4.98 Å². The molecular weight excluding hydrogens is 130 g/mol. The van der Waals surface area contributed by atoms with Crippen molar-refractivity contribution in [2.45, 2.75) is 6.92 Å². The molecule has 0 spiro atoms. The standard InChI is InChI=1S/C6H9N3O/c1-4-3-5(7)8-6(10)9(4)2/h3H,1-2H3,(H2,7,8,10). The Balaban J connectivity index is 3.46. The Labute approximate surface area is 58.3 Å². The minimum Gasteiger partial charge on any atom is -0.383 e. The summed E-state index contributed by atoms with van der Waals surface area (Å²) in [6.07, 6.45) is 0. The van der Waals surface area contributed by atoms with Crippen LogP contribution in [-0.2, 0) is 7.05 Å². The molecule has 10 heavy (non-hydrogen) atoms. The normalized spacial score (nSPS) is 9.80. The molecule has 1 heterocycles. The molecule has 0 unspecified atom stereocenters. The second-order valence-corrected chi connectivity index (χ2v) is 2.16. The number of nitrogens with zero attached hydrogens (tertiary/aromatic N) is 2. The molecule has 0 bridgehead atoms. The van der Waals surface area contributed by atoms with Crippen LogP contribution in [0.15, 0.2) is 10.9 Å². The highest BCUT2D eigenvalue weighted by Crippen LogP contribution is 1.95. The number of aryl methyl sites for hydroxylation is 1. The molecule has 54 valence electrons. The van der Waals surface area contributed by atoms with Crippen LogP contribution < -0.4 is 11.4 Å². The quantitative estimate of drug-likeness (QED) is 0.535. The van der Waals surface area contributed by atoms with Crippen LogP contribution in [-0.4, -0.2) is 9.55 Å². The summed E-state index contributed by atoms with van der Waals surface area (Å²) in [6.45, 7) is 1.80. The largest absolute Gasteiger partial charge is 0.383 e. The van der Waals surface area contributed by atoms with Crippen molar-refractivity contribution >= 4 is 5.82 Å². The van der Waals surface area contributed by atoms with E-state index in [-0.39, 0.29) is 11.5 Å². The van der Waals surface area contributed by atoms with Gasteiger partial charge in [-0.15, -0.1) is 0 Å². The predicted molar refractivity (Wildman–Crippen MR) is 38.6 cm³/mol. The van der Waals surface area contributed by atoms with Gasteiger partial charge in [0.1, 0.15) is 5.82 Å². The highest BCUT2D eigenvalue weighted by atomic mass is 16.1. The van der Waals surface area contributed by atoms with Gasteiger partial charge in [-0.1, -0.05) is 0 Å². The number of hydrogen-bond acceptors (Lipinski definition) is 3. The monoisotopic (exact) mass is 139 g/mol. The maximum Gasteiger partial charge on any atom is 0.349 e. The maximum absolute atomic E-state index is 10.8. The lowest BCUT2D eigenvalue weighted by atomic mass is 10.4. The average Bonchev–Trinajstić information content (AvgIpc) is 1.82. The summed E-state index contributed by atoms with van der Waals surface area (Å²) in [5, 5.41) is 0. The minimum atomic E-state index is -0.308. The molecular formula is C6H9N3O. The molecule has 1 rings (SSSR count). The van der Waals surface area contributed by atoms with Gasteiger partial charge in [0.2, 0.25) is 0 Å². The van der Waals surface area contributed by atoms with Crippen LogP contribution in [0.1, 0.15) is 5.69 Å². The van der Waals surface area contributed by atoms with Crippen LogP contribution in [0.2, 0.25) is 0 Å². The van der Waals surface area contributed by atoms with Gasteiger partial charge in [0.15, 0.2) is 0 Å². The zero-order valence-electron chi connectivity index (χ0n) is 5.96. The first-order chi connectivity index (χ1) is 4.61. The van der Waals surface area contributed by atoms with E-state index in [0.717, 1.165) is 5.69 Å².